The summed E-state index contributed by atoms with van der Waals surface area (Å²) in [6.45, 7) is 4.71. The molecular weight excluding hydrogens is 358 g/mol. The highest BCUT2D eigenvalue weighted by molar-refractivity contribution is 5.82. The van der Waals surface area contributed by atoms with Crippen molar-refractivity contribution in [2.75, 3.05) is 13.2 Å². The third-order valence-corrected chi connectivity index (χ3v) is 4.51. The van der Waals surface area contributed by atoms with E-state index in [0.717, 1.165) is 22.3 Å². The van der Waals surface area contributed by atoms with E-state index in [1.165, 1.54) is 0 Å². The van der Waals surface area contributed by atoms with Gasteiger partial charge in [0.2, 0.25) is 0 Å². The lowest BCUT2D eigenvalue weighted by molar-refractivity contribution is -0.158. The summed E-state index contributed by atoms with van der Waals surface area (Å²) < 4.78 is 10.6. The van der Waals surface area contributed by atoms with Crippen molar-refractivity contribution in [1.29, 1.82) is 0 Å². The lowest BCUT2D eigenvalue weighted by atomic mass is 9.98. The van der Waals surface area contributed by atoms with E-state index in [2.05, 4.69) is 17.4 Å². The Kier molecular flexibility index (Phi) is 5.70. The van der Waals surface area contributed by atoms with E-state index >= 15 is 0 Å². The Bertz CT molecular complexity index is 826. The zero-order chi connectivity index (χ0) is 20.3. The van der Waals surface area contributed by atoms with Gasteiger partial charge in [-0.1, -0.05) is 48.5 Å². The highest BCUT2D eigenvalue weighted by Crippen LogP contribution is 2.44. The molecule has 2 aromatic carbocycles. The molecule has 148 valence electrons. The summed E-state index contributed by atoms with van der Waals surface area (Å²) >= 11 is 0. The number of ether oxygens (including phenoxy) is 2. The van der Waals surface area contributed by atoms with E-state index in [1.807, 2.05) is 36.4 Å². The number of aliphatic hydroxyl groups excluding tert-OH is 1. The molecule has 0 heterocycles. The minimum absolute atomic E-state index is 0.0766. The van der Waals surface area contributed by atoms with Crippen LogP contribution in [0.4, 0.5) is 4.79 Å². The number of benzene rings is 2. The van der Waals surface area contributed by atoms with Crippen LogP contribution in [0.5, 0.6) is 0 Å². The van der Waals surface area contributed by atoms with Crippen LogP contribution in [0.2, 0.25) is 0 Å². The van der Waals surface area contributed by atoms with Crippen molar-refractivity contribution in [3.63, 3.8) is 0 Å². The molecule has 0 saturated heterocycles. The van der Waals surface area contributed by atoms with Gasteiger partial charge in [-0.05, 0) is 43.0 Å². The number of nitrogens with one attached hydrogen (secondary N) is 1. The normalized spacial score (nSPS) is 14.0. The lowest BCUT2D eigenvalue weighted by Gasteiger charge is -2.23. The van der Waals surface area contributed by atoms with E-state index in [-0.39, 0.29) is 12.5 Å². The third kappa shape index (κ3) is 4.34. The number of alkyl carbamates (subject to hydrolysis) is 1. The monoisotopic (exact) mass is 383 g/mol. The maximum atomic E-state index is 12.2. The second kappa shape index (κ2) is 8.02. The number of fused-ring (bicyclic) bond motifs is 3. The Hall–Kier alpha value is -2.86. The number of carbonyl (C=O) groups is 2. The quantitative estimate of drug-likeness (QED) is 0.775. The molecule has 2 aromatic rings. The standard InChI is InChI=1S/C22H25NO5/c1-22(2,3)28-20(25)19(12-24)23-21(26)27-13-18-16-10-6-4-8-14(16)15-9-5-7-11-17(15)18/h4-11,18-19,24H,12-13H2,1-3H3,(H,23,26)/t19-/m0/s1. The molecule has 0 fully saturated rings. The summed E-state index contributed by atoms with van der Waals surface area (Å²) in [7, 11) is 0. The Balaban J connectivity index is 1.65. The first-order valence-corrected chi connectivity index (χ1v) is 9.25. The number of amides is 1. The maximum absolute atomic E-state index is 12.2. The summed E-state index contributed by atoms with van der Waals surface area (Å²) in [5, 5.41) is 11.8. The minimum Gasteiger partial charge on any atom is -0.458 e. The highest BCUT2D eigenvalue weighted by atomic mass is 16.6. The molecule has 0 saturated carbocycles. The van der Waals surface area contributed by atoms with Crippen molar-refractivity contribution in [2.24, 2.45) is 0 Å². The first-order valence-electron chi connectivity index (χ1n) is 9.25. The van der Waals surface area contributed by atoms with Crippen LogP contribution in [0, 0.1) is 0 Å². The van der Waals surface area contributed by atoms with Crippen molar-refractivity contribution in [2.45, 2.75) is 38.3 Å². The Morgan fingerprint density at radius 2 is 1.57 bits per heavy atom. The van der Waals surface area contributed by atoms with Crippen LogP contribution >= 0.6 is 0 Å². The fourth-order valence-corrected chi connectivity index (χ4v) is 3.33. The number of hydrogen-bond donors (Lipinski definition) is 2. The topological polar surface area (TPSA) is 84.9 Å². The van der Waals surface area contributed by atoms with Gasteiger partial charge in [0.25, 0.3) is 0 Å². The SMILES string of the molecule is CC(C)(C)OC(=O)[C@H](CO)NC(=O)OCC1c2ccccc2-c2ccccc21. The van der Waals surface area contributed by atoms with Crippen molar-refractivity contribution >= 4 is 12.1 Å². The van der Waals surface area contributed by atoms with Crippen LogP contribution < -0.4 is 5.32 Å². The van der Waals surface area contributed by atoms with E-state index < -0.39 is 30.3 Å². The smallest absolute Gasteiger partial charge is 0.407 e. The molecule has 0 bridgehead atoms. The molecule has 0 aromatic heterocycles. The molecule has 0 aliphatic heterocycles. The molecule has 6 heteroatoms. The predicted octanol–water partition coefficient (Wildman–Crippen LogP) is 3.23. The summed E-state index contributed by atoms with van der Waals surface area (Å²) in [5.74, 6) is -0.782. The summed E-state index contributed by atoms with van der Waals surface area (Å²) in [6, 6.07) is 14.9. The number of carbonyl (C=O) groups excluding carboxylic acids is 2. The zero-order valence-electron chi connectivity index (χ0n) is 16.3. The van der Waals surface area contributed by atoms with Crippen molar-refractivity contribution < 1.29 is 24.2 Å². The average Bonchev–Trinajstić information content (AvgIpc) is 2.97. The van der Waals surface area contributed by atoms with Gasteiger partial charge in [0.15, 0.2) is 6.04 Å². The fraction of sp³-hybridized carbons (Fsp3) is 0.364. The lowest BCUT2D eigenvalue weighted by Crippen LogP contribution is -2.46. The van der Waals surface area contributed by atoms with E-state index in [9.17, 15) is 14.7 Å². The van der Waals surface area contributed by atoms with Crippen LogP contribution in [-0.2, 0) is 14.3 Å². The van der Waals surface area contributed by atoms with Crippen LogP contribution in [0.25, 0.3) is 11.1 Å². The van der Waals surface area contributed by atoms with Crippen LogP contribution in [-0.4, -0.2) is 42.0 Å². The molecule has 1 aliphatic rings. The average molecular weight is 383 g/mol. The van der Waals surface area contributed by atoms with Crippen LogP contribution in [0.3, 0.4) is 0 Å². The third-order valence-electron chi connectivity index (χ3n) is 4.51. The molecule has 2 N–H and O–H groups in total. The van der Waals surface area contributed by atoms with Gasteiger partial charge in [-0.15, -0.1) is 0 Å². The Morgan fingerprint density at radius 1 is 1.04 bits per heavy atom. The maximum Gasteiger partial charge on any atom is 0.407 e. The molecule has 0 spiro atoms. The number of rotatable bonds is 5. The predicted molar refractivity (Wildman–Crippen MR) is 105 cm³/mol. The van der Waals surface area contributed by atoms with Gasteiger partial charge < -0.3 is 19.9 Å². The first kappa shape index (κ1) is 19.9. The second-order valence-corrected chi connectivity index (χ2v) is 7.74. The largest absolute Gasteiger partial charge is 0.458 e. The molecule has 1 amide bonds. The minimum atomic E-state index is -1.17. The van der Waals surface area contributed by atoms with Gasteiger partial charge >= 0.3 is 12.1 Å². The molecule has 1 aliphatic carbocycles. The number of esters is 1. The van der Waals surface area contributed by atoms with Gasteiger partial charge in [0.05, 0.1) is 6.61 Å². The molecule has 1 atom stereocenters. The first-order chi connectivity index (χ1) is 13.3. The van der Waals surface area contributed by atoms with E-state index in [0.29, 0.717) is 0 Å². The zero-order valence-corrected chi connectivity index (χ0v) is 16.3. The molecule has 0 radical (unpaired) electrons. The molecule has 6 nitrogen and oxygen atoms in total. The Labute approximate surface area is 164 Å². The fourth-order valence-electron chi connectivity index (χ4n) is 3.33. The van der Waals surface area contributed by atoms with Crippen molar-refractivity contribution in [3.8, 4) is 11.1 Å². The summed E-state index contributed by atoms with van der Waals surface area (Å²) in [4.78, 5) is 24.3. The molecule has 0 unspecified atom stereocenters. The summed E-state index contributed by atoms with van der Waals surface area (Å²) in [6.07, 6.45) is -0.772. The van der Waals surface area contributed by atoms with Crippen molar-refractivity contribution in [1.82, 2.24) is 5.32 Å². The number of aliphatic hydroxyl groups is 1. The Morgan fingerprint density at radius 3 is 2.07 bits per heavy atom. The molecular formula is C22H25NO5. The van der Waals surface area contributed by atoms with Gasteiger partial charge in [0.1, 0.15) is 12.2 Å². The molecule has 28 heavy (non-hydrogen) atoms. The van der Waals surface area contributed by atoms with Crippen molar-refractivity contribution in [3.05, 3.63) is 59.7 Å². The van der Waals surface area contributed by atoms with Gasteiger partial charge in [0, 0.05) is 5.92 Å². The summed E-state index contributed by atoms with van der Waals surface area (Å²) in [5.41, 5.74) is 3.75. The van der Waals surface area contributed by atoms with Gasteiger partial charge in [-0.25, -0.2) is 9.59 Å². The van der Waals surface area contributed by atoms with Crippen LogP contribution in [0.15, 0.2) is 48.5 Å². The molecule has 3 rings (SSSR count). The highest BCUT2D eigenvalue weighted by Gasteiger charge is 2.30. The van der Waals surface area contributed by atoms with E-state index in [4.69, 9.17) is 9.47 Å². The van der Waals surface area contributed by atoms with Crippen LogP contribution in [0.1, 0.15) is 37.8 Å². The van der Waals surface area contributed by atoms with E-state index in [1.54, 1.807) is 20.8 Å². The van der Waals surface area contributed by atoms with Gasteiger partial charge in [-0.2, -0.15) is 0 Å². The number of hydrogen-bond acceptors (Lipinski definition) is 5. The van der Waals surface area contributed by atoms with Gasteiger partial charge in [-0.3, -0.25) is 0 Å². The second-order valence-electron chi connectivity index (χ2n) is 7.74.